The number of amides is 4. The number of carbonyl (C=O) groups is 4. The maximum absolute atomic E-state index is 12.5. The van der Waals surface area contributed by atoms with Gasteiger partial charge in [0.25, 0.3) is 0 Å². The maximum atomic E-state index is 12.5. The summed E-state index contributed by atoms with van der Waals surface area (Å²) in [5, 5.41) is 5.27. The molecule has 26 heavy (non-hydrogen) atoms. The van der Waals surface area contributed by atoms with E-state index in [-0.39, 0.29) is 42.5 Å². The van der Waals surface area contributed by atoms with E-state index in [0.29, 0.717) is 11.3 Å². The van der Waals surface area contributed by atoms with E-state index in [1.165, 1.54) is 0 Å². The van der Waals surface area contributed by atoms with Crippen LogP contribution in [-0.2, 0) is 25.6 Å². The largest absolute Gasteiger partial charge is 0.359 e. The Morgan fingerprint density at radius 3 is 2.27 bits per heavy atom. The minimum absolute atomic E-state index is 0.138. The molecule has 1 heterocycles. The van der Waals surface area contributed by atoms with Gasteiger partial charge in [-0.3, -0.25) is 24.1 Å². The van der Waals surface area contributed by atoms with Crippen molar-refractivity contribution in [3.8, 4) is 0 Å². The van der Waals surface area contributed by atoms with Gasteiger partial charge in [-0.05, 0) is 24.5 Å². The fraction of sp³-hybridized carbons (Fsp3) is 0.474. The van der Waals surface area contributed by atoms with E-state index in [9.17, 15) is 19.2 Å². The van der Waals surface area contributed by atoms with Crippen LogP contribution >= 0.6 is 0 Å². The van der Waals surface area contributed by atoms with Gasteiger partial charge in [0, 0.05) is 12.7 Å². The number of likely N-dealkylation sites (tertiary alicyclic amines) is 1. The van der Waals surface area contributed by atoms with Gasteiger partial charge in [-0.25, -0.2) is 0 Å². The summed E-state index contributed by atoms with van der Waals surface area (Å²) in [7, 11) is 1.55. The molecule has 2 unspecified atom stereocenters. The Morgan fingerprint density at radius 2 is 1.65 bits per heavy atom. The lowest BCUT2D eigenvalue weighted by molar-refractivity contribution is -0.142. The fourth-order valence-corrected chi connectivity index (χ4v) is 3.78. The number of para-hydroxylation sites is 1. The average molecular weight is 357 g/mol. The molecule has 1 aliphatic heterocycles. The number of hydrogen-bond acceptors (Lipinski definition) is 4. The number of nitrogens with one attached hydrogen (secondary N) is 2. The summed E-state index contributed by atoms with van der Waals surface area (Å²) >= 11 is 0. The summed E-state index contributed by atoms with van der Waals surface area (Å²) < 4.78 is 0. The van der Waals surface area contributed by atoms with Crippen molar-refractivity contribution >= 4 is 29.3 Å². The van der Waals surface area contributed by atoms with E-state index in [1.807, 2.05) is 0 Å². The number of rotatable bonds is 5. The van der Waals surface area contributed by atoms with Crippen LogP contribution in [0.2, 0.25) is 0 Å². The van der Waals surface area contributed by atoms with Gasteiger partial charge >= 0.3 is 0 Å². The fourth-order valence-electron chi connectivity index (χ4n) is 3.78. The third-order valence-corrected chi connectivity index (χ3v) is 5.16. The Balaban J connectivity index is 1.67. The lowest BCUT2D eigenvalue weighted by Crippen LogP contribution is -2.38. The van der Waals surface area contributed by atoms with Crippen molar-refractivity contribution in [3.63, 3.8) is 0 Å². The molecular formula is C19H23N3O4. The smallest absolute Gasteiger partial charge is 0.244 e. The molecule has 2 N–H and O–H groups in total. The highest BCUT2D eigenvalue weighted by Crippen LogP contribution is 2.37. The first-order chi connectivity index (χ1) is 12.5. The Hall–Kier alpha value is -2.70. The van der Waals surface area contributed by atoms with E-state index in [0.717, 1.165) is 30.6 Å². The van der Waals surface area contributed by atoms with Gasteiger partial charge in [-0.2, -0.15) is 0 Å². The molecule has 0 radical (unpaired) electrons. The van der Waals surface area contributed by atoms with Crippen LogP contribution < -0.4 is 10.6 Å². The number of nitrogens with zero attached hydrogens (tertiary/aromatic N) is 1. The maximum Gasteiger partial charge on any atom is 0.244 e. The summed E-state index contributed by atoms with van der Waals surface area (Å²) in [4.78, 5) is 50.0. The monoisotopic (exact) mass is 357 g/mol. The highest BCUT2D eigenvalue weighted by Gasteiger charge is 2.48. The highest BCUT2D eigenvalue weighted by molar-refractivity contribution is 6.08. The quantitative estimate of drug-likeness (QED) is 0.771. The molecule has 2 aliphatic rings. The van der Waals surface area contributed by atoms with Crippen LogP contribution in [0.4, 0.5) is 5.69 Å². The first-order valence-corrected chi connectivity index (χ1v) is 8.95. The lowest BCUT2D eigenvalue weighted by Gasteiger charge is -2.19. The first-order valence-electron chi connectivity index (χ1n) is 8.95. The van der Waals surface area contributed by atoms with E-state index < -0.39 is 5.91 Å². The molecule has 2 atom stereocenters. The summed E-state index contributed by atoms with van der Waals surface area (Å²) in [5.74, 6) is -1.58. The molecule has 1 aromatic rings. The molecule has 1 saturated carbocycles. The number of imide groups is 1. The second-order valence-corrected chi connectivity index (χ2v) is 6.82. The third kappa shape index (κ3) is 3.61. The van der Waals surface area contributed by atoms with Gasteiger partial charge in [0.1, 0.15) is 6.54 Å². The van der Waals surface area contributed by atoms with Crippen molar-refractivity contribution in [2.24, 2.45) is 11.8 Å². The molecule has 3 rings (SSSR count). The number of carbonyl (C=O) groups excluding carboxylic acids is 4. The summed E-state index contributed by atoms with van der Waals surface area (Å²) in [6.45, 7) is -0.279. The number of anilines is 1. The first kappa shape index (κ1) is 18.1. The van der Waals surface area contributed by atoms with Crippen LogP contribution in [-0.4, -0.2) is 42.1 Å². The van der Waals surface area contributed by atoms with Crippen LogP contribution in [0.15, 0.2) is 24.3 Å². The van der Waals surface area contributed by atoms with E-state index in [4.69, 9.17) is 0 Å². The zero-order valence-electron chi connectivity index (χ0n) is 14.8. The molecule has 0 bridgehead atoms. The Labute approximate surface area is 152 Å². The molecule has 1 saturated heterocycles. The number of hydrogen-bond donors (Lipinski definition) is 2. The standard InChI is InChI=1S/C19H23N3O4/c1-20-16(23)10-12-6-2-5-9-15(12)21-17(24)11-22-18(25)13-7-3-4-8-14(13)19(22)26/h2,5-6,9,13-14H,3-4,7-8,10-11H2,1H3,(H,20,23)(H,21,24). The van der Waals surface area contributed by atoms with E-state index in [1.54, 1.807) is 31.3 Å². The Morgan fingerprint density at radius 1 is 1.04 bits per heavy atom. The van der Waals surface area contributed by atoms with Gasteiger partial charge < -0.3 is 10.6 Å². The van der Waals surface area contributed by atoms with Crippen molar-refractivity contribution in [2.45, 2.75) is 32.1 Å². The van der Waals surface area contributed by atoms with Gasteiger partial charge in [0.05, 0.1) is 18.3 Å². The normalized spacial score (nSPS) is 22.1. The topological polar surface area (TPSA) is 95.6 Å². The molecule has 2 fully saturated rings. The van der Waals surface area contributed by atoms with Crippen molar-refractivity contribution in [2.75, 3.05) is 18.9 Å². The zero-order valence-corrected chi connectivity index (χ0v) is 14.8. The summed E-state index contributed by atoms with van der Waals surface area (Å²) in [5.41, 5.74) is 1.19. The Kier molecular flexibility index (Phi) is 5.35. The third-order valence-electron chi connectivity index (χ3n) is 5.16. The minimum Gasteiger partial charge on any atom is -0.359 e. The molecular weight excluding hydrogens is 334 g/mol. The SMILES string of the molecule is CNC(=O)Cc1ccccc1NC(=O)CN1C(=O)C2CCCCC2C1=O. The number of benzene rings is 1. The molecule has 4 amide bonds. The van der Waals surface area contributed by atoms with Crippen LogP contribution in [0.1, 0.15) is 31.2 Å². The van der Waals surface area contributed by atoms with Gasteiger partial charge in [-0.1, -0.05) is 31.0 Å². The zero-order chi connectivity index (χ0) is 18.7. The highest BCUT2D eigenvalue weighted by atomic mass is 16.2. The predicted octanol–water partition coefficient (Wildman–Crippen LogP) is 1.09. The summed E-state index contributed by atoms with van der Waals surface area (Å²) in [6.07, 6.45) is 3.49. The second kappa shape index (κ2) is 7.68. The van der Waals surface area contributed by atoms with Gasteiger partial charge in [-0.15, -0.1) is 0 Å². The molecule has 0 aromatic heterocycles. The molecule has 0 spiro atoms. The number of fused-ring (bicyclic) bond motifs is 1. The van der Waals surface area contributed by atoms with Crippen LogP contribution in [0.3, 0.4) is 0 Å². The van der Waals surface area contributed by atoms with Crippen LogP contribution in [0.25, 0.3) is 0 Å². The average Bonchev–Trinajstić information content (AvgIpc) is 2.88. The van der Waals surface area contributed by atoms with Crippen molar-refractivity contribution in [3.05, 3.63) is 29.8 Å². The van der Waals surface area contributed by atoms with Crippen molar-refractivity contribution < 1.29 is 19.2 Å². The Bertz CT molecular complexity index is 722. The lowest BCUT2D eigenvalue weighted by atomic mass is 9.81. The predicted molar refractivity (Wildman–Crippen MR) is 95.0 cm³/mol. The van der Waals surface area contributed by atoms with Crippen molar-refractivity contribution in [1.29, 1.82) is 0 Å². The molecule has 138 valence electrons. The van der Waals surface area contributed by atoms with Crippen LogP contribution in [0, 0.1) is 11.8 Å². The van der Waals surface area contributed by atoms with E-state index >= 15 is 0 Å². The second-order valence-electron chi connectivity index (χ2n) is 6.82. The molecule has 1 aliphatic carbocycles. The van der Waals surface area contributed by atoms with Gasteiger partial charge in [0.2, 0.25) is 23.6 Å². The molecule has 7 nitrogen and oxygen atoms in total. The summed E-state index contributed by atoms with van der Waals surface area (Å²) in [6, 6.07) is 6.99. The van der Waals surface area contributed by atoms with Crippen LogP contribution in [0.5, 0.6) is 0 Å². The van der Waals surface area contributed by atoms with Gasteiger partial charge in [0.15, 0.2) is 0 Å². The van der Waals surface area contributed by atoms with Crippen molar-refractivity contribution in [1.82, 2.24) is 10.2 Å². The minimum atomic E-state index is -0.435. The van der Waals surface area contributed by atoms with E-state index in [2.05, 4.69) is 10.6 Å². The number of likely N-dealkylation sites (N-methyl/N-ethyl adjacent to an activating group) is 1. The molecule has 7 heteroatoms. The molecule has 1 aromatic carbocycles.